The van der Waals surface area contributed by atoms with Gasteiger partial charge in [-0.3, -0.25) is 4.79 Å². The summed E-state index contributed by atoms with van der Waals surface area (Å²) in [4.78, 5) is 16.6. The predicted octanol–water partition coefficient (Wildman–Crippen LogP) is 3.72. The molecule has 7 heteroatoms. The molecule has 124 valence electrons. The molecule has 24 heavy (non-hydrogen) atoms. The van der Waals surface area contributed by atoms with Gasteiger partial charge < -0.3 is 14.5 Å². The third-order valence-electron chi connectivity index (χ3n) is 3.39. The molecule has 1 atom stereocenters. The summed E-state index contributed by atoms with van der Waals surface area (Å²) in [6.07, 6.45) is 2.94. The zero-order valence-corrected chi connectivity index (χ0v) is 14.4. The highest BCUT2D eigenvalue weighted by atomic mass is 35.5. The molecule has 1 unspecified atom stereocenters. The quantitative estimate of drug-likeness (QED) is 0.751. The van der Waals surface area contributed by atoms with Crippen LogP contribution in [-0.2, 0) is 11.3 Å². The molecule has 5 nitrogen and oxygen atoms in total. The Morgan fingerprint density at radius 1 is 1.25 bits per heavy atom. The Labute approximate surface area is 149 Å². The summed E-state index contributed by atoms with van der Waals surface area (Å²) in [6, 6.07) is 10.5. The molecule has 0 bridgehead atoms. The normalized spacial score (nSPS) is 12.1. The van der Waals surface area contributed by atoms with Crippen molar-refractivity contribution in [2.75, 3.05) is 0 Å². The van der Waals surface area contributed by atoms with Crippen LogP contribution in [0.5, 0.6) is 5.75 Å². The number of imidazole rings is 1. The SMILES string of the molecule is CC(Oc1cccc(Cl)c1)C(=O)NCc1cn2cc(Cl)ccc2n1. The van der Waals surface area contributed by atoms with Gasteiger partial charge in [0, 0.05) is 17.4 Å². The summed E-state index contributed by atoms with van der Waals surface area (Å²) in [6.45, 7) is 1.99. The molecule has 3 rings (SSSR count). The van der Waals surface area contributed by atoms with Gasteiger partial charge in [0.2, 0.25) is 0 Å². The van der Waals surface area contributed by atoms with E-state index in [2.05, 4.69) is 10.3 Å². The van der Waals surface area contributed by atoms with Gasteiger partial charge in [0.25, 0.3) is 5.91 Å². The van der Waals surface area contributed by atoms with Crippen molar-refractivity contribution in [1.82, 2.24) is 14.7 Å². The number of hydrogen-bond donors (Lipinski definition) is 1. The van der Waals surface area contributed by atoms with E-state index in [9.17, 15) is 4.79 Å². The van der Waals surface area contributed by atoms with Crippen molar-refractivity contribution in [1.29, 1.82) is 0 Å². The smallest absolute Gasteiger partial charge is 0.261 e. The molecule has 3 aromatic rings. The lowest BCUT2D eigenvalue weighted by molar-refractivity contribution is -0.127. The molecule has 0 saturated carbocycles. The molecule has 1 N–H and O–H groups in total. The zero-order chi connectivity index (χ0) is 17.1. The van der Waals surface area contributed by atoms with E-state index in [1.165, 1.54) is 0 Å². The number of hydrogen-bond acceptors (Lipinski definition) is 3. The van der Waals surface area contributed by atoms with Crippen LogP contribution in [0.3, 0.4) is 0 Å². The zero-order valence-electron chi connectivity index (χ0n) is 12.9. The molecule has 0 aliphatic rings. The van der Waals surface area contributed by atoms with Crippen LogP contribution in [0.2, 0.25) is 10.0 Å². The standard InChI is InChI=1S/C17H15Cl2N3O2/c1-11(24-15-4-2-3-12(18)7-15)17(23)20-8-14-10-22-9-13(19)5-6-16(22)21-14/h2-7,9-11H,8H2,1H3,(H,20,23). The first kappa shape index (κ1) is 16.6. The summed E-state index contributed by atoms with van der Waals surface area (Å²) < 4.78 is 7.40. The highest BCUT2D eigenvalue weighted by Gasteiger charge is 2.15. The van der Waals surface area contributed by atoms with E-state index in [1.807, 2.05) is 16.7 Å². The summed E-state index contributed by atoms with van der Waals surface area (Å²) in [5, 5.41) is 3.99. The van der Waals surface area contributed by atoms with Gasteiger partial charge in [-0.2, -0.15) is 0 Å². The van der Waals surface area contributed by atoms with Crippen LogP contribution in [-0.4, -0.2) is 21.4 Å². The molecule has 0 fully saturated rings. The van der Waals surface area contributed by atoms with Crippen molar-refractivity contribution in [3.05, 3.63) is 64.5 Å². The Kier molecular flexibility index (Phi) is 4.92. The Morgan fingerprint density at radius 2 is 2.08 bits per heavy atom. The number of amides is 1. The van der Waals surface area contributed by atoms with Crippen molar-refractivity contribution in [3.63, 3.8) is 0 Å². The molecule has 1 aromatic carbocycles. The largest absolute Gasteiger partial charge is 0.481 e. The molecule has 2 aromatic heterocycles. The average Bonchev–Trinajstić information content (AvgIpc) is 2.94. The number of aromatic nitrogens is 2. The first-order chi connectivity index (χ1) is 11.5. The van der Waals surface area contributed by atoms with E-state index in [0.29, 0.717) is 22.3 Å². The molecule has 2 heterocycles. The number of carbonyl (C=O) groups is 1. The minimum Gasteiger partial charge on any atom is -0.481 e. The van der Waals surface area contributed by atoms with E-state index in [0.717, 1.165) is 11.3 Å². The summed E-state index contributed by atoms with van der Waals surface area (Å²) in [7, 11) is 0. The number of fused-ring (bicyclic) bond motifs is 1. The Balaban J connectivity index is 1.59. The lowest BCUT2D eigenvalue weighted by Gasteiger charge is -2.14. The Bertz CT molecular complexity index is 879. The van der Waals surface area contributed by atoms with E-state index in [4.69, 9.17) is 27.9 Å². The van der Waals surface area contributed by atoms with Gasteiger partial charge in [0.15, 0.2) is 6.10 Å². The van der Waals surface area contributed by atoms with Crippen molar-refractivity contribution < 1.29 is 9.53 Å². The summed E-state index contributed by atoms with van der Waals surface area (Å²) in [5.74, 6) is 0.317. The van der Waals surface area contributed by atoms with Gasteiger partial charge in [0.05, 0.1) is 17.3 Å². The molecule has 0 aliphatic carbocycles. The van der Waals surface area contributed by atoms with Gasteiger partial charge in [-0.25, -0.2) is 4.98 Å². The van der Waals surface area contributed by atoms with Gasteiger partial charge in [-0.05, 0) is 37.3 Å². The fourth-order valence-corrected chi connectivity index (χ4v) is 2.57. The van der Waals surface area contributed by atoms with Crippen molar-refractivity contribution in [2.45, 2.75) is 19.6 Å². The van der Waals surface area contributed by atoms with E-state index in [-0.39, 0.29) is 5.91 Å². The number of halogens is 2. The minimum absolute atomic E-state index is 0.231. The topological polar surface area (TPSA) is 55.6 Å². The summed E-state index contributed by atoms with van der Waals surface area (Å²) >= 11 is 11.8. The van der Waals surface area contributed by atoms with Crippen LogP contribution in [0.15, 0.2) is 48.8 Å². The second kappa shape index (κ2) is 7.11. The van der Waals surface area contributed by atoms with Crippen molar-refractivity contribution >= 4 is 34.8 Å². The van der Waals surface area contributed by atoms with Crippen LogP contribution >= 0.6 is 23.2 Å². The monoisotopic (exact) mass is 363 g/mol. The number of nitrogens with one attached hydrogen (secondary N) is 1. The molecular formula is C17H15Cl2N3O2. The van der Waals surface area contributed by atoms with Crippen molar-refractivity contribution in [2.24, 2.45) is 0 Å². The fraction of sp³-hybridized carbons (Fsp3) is 0.176. The first-order valence-corrected chi connectivity index (χ1v) is 8.10. The number of nitrogens with zero attached hydrogens (tertiary/aromatic N) is 2. The number of carbonyl (C=O) groups excluding carboxylic acids is 1. The van der Waals surface area contributed by atoms with Crippen LogP contribution < -0.4 is 10.1 Å². The van der Waals surface area contributed by atoms with Gasteiger partial charge in [-0.1, -0.05) is 29.3 Å². The highest BCUT2D eigenvalue weighted by molar-refractivity contribution is 6.30. The third kappa shape index (κ3) is 3.99. The van der Waals surface area contributed by atoms with Gasteiger partial charge >= 0.3 is 0 Å². The second-order valence-corrected chi connectivity index (χ2v) is 6.15. The predicted molar refractivity (Wildman–Crippen MR) is 93.6 cm³/mol. The maximum atomic E-state index is 12.2. The van der Waals surface area contributed by atoms with Gasteiger partial charge in [0.1, 0.15) is 11.4 Å². The Hall–Kier alpha value is -2.24. The van der Waals surface area contributed by atoms with Crippen LogP contribution in [0.25, 0.3) is 5.65 Å². The molecule has 0 saturated heterocycles. The molecular weight excluding hydrogens is 349 g/mol. The number of benzene rings is 1. The third-order valence-corrected chi connectivity index (χ3v) is 3.85. The number of pyridine rings is 1. The maximum Gasteiger partial charge on any atom is 0.261 e. The second-order valence-electron chi connectivity index (χ2n) is 5.28. The fourth-order valence-electron chi connectivity index (χ4n) is 2.22. The molecule has 1 amide bonds. The molecule has 0 radical (unpaired) electrons. The lowest BCUT2D eigenvalue weighted by atomic mass is 10.3. The highest BCUT2D eigenvalue weighted by Crippen LogP contribution is 2.18. The van der Waals surface area contributed by atoms with E-state index in [1.54, 1.807) is 43.5 Å². The average molecular weight is 364 g/mol. The van der Waals surface area contributed by atoms with E-state index >= 15 is 0 Å². The van der Waals surface area contributed by atoms with Crippen LogP contribution in [0.1, 0.15) is 12.6 Å². The lowest BCUT2D eigenvalue weighted by Crippen LogP contribution is -2.35. The summed E-state index contributed by atoms with van der Waals surface area (Å²) in [5.41, 5.74) is 1.51. The maximum absolute atomic E-state index is 12.2. The van der Waals surface area contributed by atoms with Crippen molar-refractivity contribution in [3.8, 4) is 5.75 Å². The minimum atomic E-state index is -0.644. The van der Waals surface area contributed by atoms with Crippen LogP contribution in [0.4, 0.5) is 0 Å². The first-order valence-electron chi connectivity index (χ1n) is 7.34. The Morgan fingerprint density at radius 3 is 2.88 bits per heavy atom. The number of rotatable bonds is 5. The van der Waals surface area contributed by atoms with Gasteiger partial charge in [-0.15, -0.1) is 0 Å². The van der Waals surface area contributed by atoms with Crippen LogP contribution in [0, 0.1) is 0 Å². The molecule has 0 spiro atoms. The molecule has 0 aliphatic heterocycles. The van der Waals surface area contributed by atoms with E-state index < -0.39 is 6.10 Å². The number of ether oxygens (including phenoxy) is 1.